The molecule has 1 N–H and O–H groups in total. The van der Waals surface area contributed by atoms with Gasteiger partial charge in [-0.05, 0) is 18.4 Å². The van der Waals surface area contributed by atoms with E-state index in [4.69, 9.17) is 0 Å². The molecule has 5 heteroatoms. The van der Waals surface area contributed by atoms with Crippen LogP contribution in [-0.2, 0) is 15.0 Å². The van der Waals surface area contributed by atoms with Gasteiger partial charge in [-0.25, -0.2) is 0 Å². The minimum absolute atomic E-state index is 0.0920. The average molecular weight is 386 g/mol. The third-order valence-corrected chi connectivity index (χ3v) is 6.24. The SMILES string of the molecule is CC(C)(C)C(=O)N1CCN(CC(=O)NCC2(c3ccccc3)CCCC2)CC1. The van der Waals surface area contributed by atoms with Gasteiger partial charge in [0.1, 0.15) is 0 Å². The van der Waals surface area contributed by atoms with E-state index in [1.807, 2.05) is 25.7 Å². The Labute approximate surface area is 169 Å². The van der Waals surface area contributed by atoms with E-state index in [1.54, 1.807) is 0 Å². The number of hydrogen-bond donors (Lipinski definition) is 1. The summed E-state index contributed by atoms with van der Waals surface area (Å²) in [5.41, 5.74) is 1.10. The molecule has 0 radical (unpaired) electrons. The van der Waals surface area contributed by atoms with E-state index < -0.39 is 0 Å². The van der Waals surface area contributed by atoms with Crippen LogP contribution in [0.15, 0.2) is 30.3 Å². The van der Waals surface area contributed by atoms with Gasteiger partial charge in [-0.2, -0.15) is 0 Å². The minimum atomic E-state index is -0.341. The van der Waals surface area contributed by atoms with Crippen molar-refractivity contribution in [1.29, 1.82) is 0 Å². The molecule has 2 aliphatic rings. The van der Waals surface area contributed by atoms with E-state index >= 15 is 0 Å². The maximum atomic E-state index is 12.6. The molecular weight excluding hydrogens is 350 g/mol. The maximum Gasteiger partial charge on any atom is 0.234 e. The van der Waals surface area contributed by atoms with Crippen molar-refractivity contribution >= 4 is 11.8 Å². The van der Waals surface area contributed by atoms with Crippen LogP contribution in [0.2, 0.25) is 0 Å². The van der Waals surface area contributed by atoms with Gasteiger partial charge in [-0.15, -0.1) is 0 Å². The summed E-state index contributed by atoms with van der Waals surface area (Å²) in [6.07, 6.45) is 4.75. The zero-order chi connectivity index (χ0) is 20.2. The Kier molecular flexibility index (Phi) is 6.43. The normalized spacial score (nSPS) is 20.2. The van der Waals surface area contributed by atoms with Gasteiger partial charge in [0.2, 0.25) is 11.8 Å². The maximum absolute atomic E-state index is 12.6. The molecule has 1 aromatic carbocycles. The molecule has 0 spiro atoms. The van der Waals surface area contributed by atoms with Crippen LogP contribution in [0.5, 0.6) is 0 Å². The number of hydrogen-bond acceptors (Lipinski definition) is 3. The fourth-order valence-corrected chi connectivity index (χ4v) is 4.52. The smallest absolute Gasteiger partial charge is 0.234 e. The van der Waals surface area contributed by atoms with Gasteiger partial charge in [0.05, 0.1) is 6.54 Å². The van der Waals surface area contributed by atoms with Crippen LogP contribution in [0.3, 0.4) is 0 Å². The first-order chi connectivity index (χ1) is 13.3. The Morgan fingerprint density at radius 2 is 1.61 bits per heavy atom. The van der Waals surface area contributed by atoms with Crippen molar-refractivity contribution in [3.63, 3.8) is 0 Å². The van der Waals surface area contributed by atoms with Crippen molar-refractivity contribution in [2.45, 2.75) is 51.9 Å². The van der Waals surface area contributed by atoms with Crippen LogP contribution in [-0.4, -0.2) is 60.9 Å². The lowest BCUT2D eigenvalue weighted by molar-refractivity contribution is -0.141. The lowest BCUT2D eigenvalue weighted by atomic mass is 9.79. The topological polar surface area (TPSA) is 52.7 Å². The Bertz CT molecular complexity index is 667. The van der Waals surface area contributed by atoms with Crippen molar-refractivity contribution < 1.29 is 9.59 Å². The van der Waals surface area contributed by atoms with Crippen LogP contribution in [0.1, 0.15) is 52.0 Å². The van der Waals surface area contributed by atoms with Crippen LogP contribution in [0.25, 0.3) is 0 Å². The van der Waals surface area contributed by atoms with Crippen LogP contribution in [0.4, 0.5) is 0 Å². The third-order valence-electron chi connectivity index (χ3n) is 6.24. The number of rotatable bonds is 5. The molecule has 1 aromatic rings. The van der Waals surface area contributed by atoms with E-state index in [2.05, 4.69) is 40.5 Å². The molecular formula is C23H35N3O2. The minimum Gasteiger partial charge on any atom is -0.354 e. The largest absolute Gasteiger partial charge is 0.354 e. The lowest BCUT2D eigenvalue weighted by Crippen LogP contribution is -2.53. The number of amides is 2. The molecule has 0 bridgehead atoms. The molecule has 1 aliphatic carbocycles. The molecule has 28 heavy (non-hydrogen) atoms. The summed E-state index contributed by atoms with van der Waals surface area (Å²) in [5.74, 6) is 0.292. The van der Waals surface area contributed by atoms with Gasteiger partial charge < -0.3 is 10.2 Å². The molecule has 1 saturated carbocycles. The molecule has 0 unspecified atom stereocenters. The lowest BCUT2D eigenvalue weighted by Gasteiger charge is -2.37. The first-order valence-corrected chi connectivity index (χ1v) is 10.6. The Balaban J connectivity index is 1.48. The first-order valence-electron chi connectivity index (χ1n) is 10.6. The Morgan fingerprint density at radius 3 is 2.18 bits per heavy atom. The standard InChI is InChI=1S/C23H35N3O2/c1-22(2,3)21(28)26-15-13-25(14-16-26)17-20(27)24-18-23(11-7-8-12-23)19-9-5-4-6-10-19/h4-6,9-10H,7-8,11-18H2,1-3H3,(H,24,27). The second-order valence-electron chi connectivity index (χ2n) is 9.45. The fourth-order valence-electron chi connectivity index (χ4n) is 4.52. The highest BCUT2D eigenvalue weighted by molar-refractivity contribution is 5.81. The van der Waals surface area contributed by atoms with Crippen molar-refractivity contribution in [3.05, 3.63) is 35.9 Å². The zero-order valence-corrected chi connectivity index (χ0v) is 17.7. The molecule has 1 heterocycles. The van der Waals surface area contributed by atoms with Gasteiger partial charge in [0, 0.05) is 43.6 Å². The highest BCUT2D eigenvalue weighted by atomic mass is 16.2. The van der Waals surface area contributed by atoms with Crippen LogP contribution in [0, 0.1) is 5.41 Å². The summed E-state index contributed by atoms with van der Waals surface area (Å²) < 4.78 is 0. The quantitative estimate of drug-likeness (QED) is 0.848. The third kappa shape index (κ3) is 4.93. The van der Waals surface area contributed by atoms with E-state index in [-0.39, 0.29) is 22.6 Å². The summed E-state index contributed by atoms with van der Waals surface area (Å²) in [4.78, 5) is 29.1. The fraction of sp³-hybridized carbons (Fsp3) is 0.652. The number of piperazine rings is 1. The predicted octanol–water partition coefficient (Wildman–Crippen LogP) is 2.80. The van der Waals surface area contributed by atoms with E-state index in [1.165, 1.54) is 18.4 Å². The Morgan fingerprint density at radius 1 is 1.00 bits per heavy atom. The number of benzene rings is 1. The summed E-state index contributed by atoms with van der Waals surface area (Å²) in [6, 6.07) is 10.6. The van der Waals surface area contributed by atoms with Crippen LogP contribution < -0.4 is 5.32 Å². The van der Waals surface area contributed by atoms with E-state index in [9.17, 15) is 9.59 Å². The second kappa shape index (κ2) is 8.64. The molecule has 3 rings (SSSR count). The van der Waals surface area contributed by atoms with Crippen molar-refractivity contribution in [3.8, 4) is 0 Å². The number of carbonyl (C=O) groups excluding carboxylic acids is 2. The van der Waals surface area contributed by atoms with Gasteiger partial charge in [-0.1, -0.05) is 63.9 Å². The van der Waals surface area contributed by atoms with Crippen molar-refractivity contribution in [2.24, 2.45) is 5.41 Å². The molecule has 0 atom stereocenters. The zero-order valence-electron chi connectivity index (χ0n) is 17.7. The predicted molar refractivity (Wildman–Crippen MR) is 112 cm³/mol. The van der Waals surface area contributed by atoms with Gasteiger partial charge in [0.25, 0.3) is 0 Å². The van der Waals surface area contributed by atoms with Crippen LogP contribution >= 0.6 is 0 Å². The monoisotopic (exact) mass is 385 g/mol. The van der Waals surface area contributed by atoms with E-state index in [0.717, 1.165) is 32.5 Å². The molecule has 0 aromatic heterocycles. The number of nitrogens with zero attached hydrogens (tertiary/aromatic N) is 2. The second-order valence-corrected chi connectivity index (χ2v) is 9.45. The summed E-state index contributed by atoms with van der Waals surface area (Å²) in [5, 5.41) is 3.21. The highest BCUT2D eigenvalue weighted by Gasteiger charge is 2.36. The van der Waals surface area contributed by atoms with E-state index in [0.29, 0.717) is 19.6 Å². The summed E-state index contributed by atoms with van der Waals surface area (Å²) in [7, 11) is 0. The molecule has 2 amide bonds. The van der Waals surface area contributed by atoms with Gasteiger partial charge in [0.15, 0.2) is 0 Å². The number of carbonyl (C=O) groups is 2. The molecule has 154 valence electrons. The highest BCUT2D eigenvalue weighted by Crippen LogP contribution is 2.40. The van der Waals surface area contributed by atoms with Crippen molar-refractivity contribution in [1.82, 2.24) is 15.1 Å². The van der Waals surface area contributed by atoms with Gasteiger partial charge in [-0.3, -0.25) is 14.5 Å². The average Bonchev–Trinajstić information content (AvgIpc) is 3.17. The number of nitrogens with one attached hydrogen (secondary N) is 1. The molecule has 1 aliphatic heterocycles. The first kappa shape index (κ1) is 20.8. The molecule has 1 saturated heterocycles. The summed E-state index contributed by atoms with van der Waals surface area (Å²) in [6.45, 7) is 9.95. The van der Waals surface area contributed by atoms with Crippen molar-refractivity contribution in [2.75, 3.05) is 39.3 Å². The molecule has 2 fully saturated rings. The Hall–Kier alpha value is -1.88. The summed E-state index contributed by atoms with van der Waals surface area (Å²) >= 11 is 0. The van der Waals surface area contributed by atoms with Gasteiger partial charge >= 0.3 is 0 Å². The molecule has 5 nitrogen and oxygen atoms in total.